The Morgan fingerprint density at radius 3 is 2.24 bits per heavy atom. The van der Waals surface area contributed by atoms with Crippen LogP contribution in [0.25, 0.3) is 0 Å². The highest BCUT2D eigenvalue weighted by atomic mass is 32.2. The van der Waals surface area contributed by atoms with Crippen molar-refractivity contribution in [1.82, 2.24) is 5.32 Å². The van der Waals surface area contributed by atoms with Gasteiger partial charge in [0.25, 0.3) is 0 Å². The predicted molar refractivity (Wildman–Crippen MR) is 95.3 cm³/mol. The van der Waals surface area contributed by atoms with Crippen molar-refractivity contribution in [3.63, 3.8) is 0 Å². The molecule has 118 valence electrons. The molecule has 1 aromatic carbocycles. The van der Waals surface area contributed by atoms with Crippen LogP contribution in [0.5, 0.6) is 0 Å². The third-order valence-corrected chi connectivity index (χ3v) is 5.87. The summed E-state index contributed by atoms with van der Waals surface area (Å²) in [5.41, 5.74) is 1.67. The van der Waals surface area contributed by atoms with Crippen LogP contribution < -0.4 is 5.32 Å². The van der Waals surface area contributed by atoms with Gasteiger partial charge >= 0.3 is 0 Å². The van der Waals surface area contributed by atoms with Gasteiger partial charge in [-0.25, -0.2) is 0 Å². The molecule has 1 saturated carbocycles. The molecule has 1 aliphatic carbocycles. The van der Waals surface area contributed by atoms with Gasteiger partial charge in [0, 0.05) is 16.7 Å². The van der Waals surface area contributed by atoms with Gasteiger partial charge in [-0.05, 0) is 48.9 Å². The number of benzene rings is 1. The lowest BCUT2D eigenvalue weighted by Crippen LogP contribution is -2.36. The van der Waals surface area contributed by atoms with Crippen LogP contribution in [0.1, 0.15) is 58.4 Å². The molecule has 0 heterocycles. The summed E-state index contributed by atoms with van der Waals surface area (Å²) in [5, 5.41) is 3.56. The van der Waals surface area contributed by atoms with Crippen molar-refractivity contribution >= 4 is 11.8 Å². The third kappa shape index (κ3) is 5.03. The highest BCUT2D eigenvalue weighted by molar-refractivity contribution is 7.99. The maximum Gasteiger partial charge on any atom is 0.0186 e. The molecule has 21 heavy (non-hydrogen) atoms. The average Bonchev–Trinajstić information content (AvgIpc) is 2.48. The van der Waals surface area contributed by atoms with Gasteiger partial charge in [-0.1, -0.05) is 52.2 Å². The highest BCUT2D eigenvalue weighted by Gasteiger charge is 2.22. The van der Waals surface area contributed by atoms with Crippen molar-refractivity contribution in [2.45, 2.75) is 69.2 Å². The highest BCUT2D eigenvalue weighted by Crippen LogP contribution is 2.30. The van der Waals surface area contributed by atoms with Crippen LogP contribution in [0.4, 0.5) is 0 Å². The van der Waals surface area contributed by atoms with Crippen molar-refractivity contribution in [3.8, 4) is 0 Å². The molecule has 2 rings (SSSR count). The van der Waals surface area contributed by atoms with Crippen molar-refractivity contribution in [2.75, 3.05) is 12.8 Å². The Balaban J connectivity index is 1.89. The lowest BCUT2D eigenvalue weighted by Gasteiger charge is -2.30. The van der Waals surface area contributed by atoms with E-state index in [1.54, 1.807) is 0 Å². The minimum atomic E-state index is 0.249. The molecule has 0 aliphatic heterocycles. The summed E-state index contributed by atoms with van der Waals surface area (Å²) in [5.74, 6) is 2.07. The van der Waals surface area contributed by atoms with Gasteiger partial charge in [0.15, 0.2) is 0 Å². The van der Waals surface area contributed by atoms with Gasteiger partial charge in [0.2, 0.25) is 0 Å². The summed E-state index contributed by atoms with van der Waals surface area (Å²) < 4.78 is 0. The minimum absolute atomic E-state index is 0.249. The zero-order chi connectivity index (χ0) is 15.3. The summed E-state index contributed by atoms with van der Waals surface area (Å²) in [6.45, 7) is 6.82. The van der Waals surface area contributed by atoms with Crippen LogP contribution in [-0.4, -0.2) is 18.8 Å². The maximum atomic E-state index is 3.56. The molecule has 1 aliphatic rings. The fraction of sp³-hybridized carbons (Fsp3) is 0.684. The predicted octanol–water partition coefficient (Wildman–Crippen LogP) is 5.24. The topological polar surface area (TPSA) is 12.0 Å². The normalized spacial score (nSPS) is 18.7. The first-order valence-electron chi connectivity index (χ1n) is 8.41. The Morgan fingerprint density at radius 2 is 1.71 bits per heavy atom. The Hall–Kier alpha value is -0.470. The first-order chi connectivity index (χ1) is 10.0. The SMILES string of the molecule is CNC(CSc1ccc(C(C)(C)C)cc1)C1CCCCC1. The fourth-order valence-corrected chi connectivity index (χ4v) is 4.37. The van der Waals surface area contributed by atoms with E-state index < -0.39 is 0 Å². The van der Waals surface area contributed by atoms with Gasteiger partial charge in [-0.2, -0.15) is 0 Å². The second kappa shape index (κ2) is 7.69. The lowest BCUT2D eigenvalue weighted by atomic mass is 9.84. The van der Waals surface area contributed by atoms with Crippen LogP contribution in [0.3, 0.4) is 0 Å². The lowest BCUT2D eigenvalue weighted by molar-refractivity contribution is 0.294. The van der Waals surface area contributed by atoms with Crippen molar-refractivity contribution in [2.24, 2.45) is 5.92 Å². The number of rotatable bonds is 5. The molecule has 1 unspecified atom stereocenters. The van der Waals surface area contributed by atoms with E-state index in [9.17, 15) is 0 Å². The number of hydrogen-bond acceptors (Lipinski definition) is 2. The molecule has 0 radical (unpaired) electrons. The van der Waals surface area contributed by atoms with Crippen LogP contribution in [0.15, 0.2) is 29.2 Å². The van der Waals surface area contributed by atoms with Gasteiger partial charge in [0.05, 0.1) is 0 Å². The van der Waals surface area contributed by atoms with E-state index in [1.807, 2.05) is 11.8 Å². The van der Waals surface area contributed by atoms with E-state index in [0.717, 1.165) is 5.92 Å². The van der Waals surface area contributed by atoms with Crippen molar-refractivity contribution < 1.29 is 0 Å². The van der Waals surface area contributed by atoms with E-state index in [4.69, 9.17) is 0 Å². The van der Waals surface area contributed by atoms with Crippen LogP contribution in [0, 0.1) is 5.92 Å². The summed E-state index contributed by atoms with van der Waals surface area (Å²) in [4.78, 5) is 1.40. The van der Waals surface area contributed by atoms with Crippen LogP contribution in [-0.2, 0) is 5.41 Å². The largest absolute Gasteiger partial charge is 0.316 e. The smallest absolute Gasteiger partial charge is 0.0186 e. The Morgan fingerprint density at radius 1 is 1.10 bits per heavy atom. The Bertz CT molecular complexity index is 412. The molecular formula is C19H31NS. The van der Waals surface area contributed by atoms with Crippen LogP contribution >= 0.6 is 11.8 Å². The molecule has 0 saturated heterocycles. The Kier molecular flexibility index (Phi) is 6.19. The van der Waals surface area contributed by atoms with Gasteiger partial charge in [-0.3, -0.25) is 0 Å². The third-order valence-electron chi connectivity index (χ3n) is 4.74. The van der Waals surface area contributed by atoms with Gasteiger partial charge in [0.1, 0.15) is 0 Å². The molecule has 0 spiro atoms. The van der Waals surface area contributed by atoms with Gasteiger partial charge < -0.3 is 5.32 Å². The molecule has 0 aromatic heterocycles. The monoisotopic (exact) mass is 305 g/mol. The second-order valence-electron chi connectivity index (χ2n) is 7.38. The summed E-state index contributed by atoms with van der Waals surface area (Å²) >= 11 is 2.00. The second-order valence-corrected chi connectivity index (χ2v) is 8.47. The molecule has 0 amide bonds. The molecule has 2 heteroatoms. The molecule has 0 bridgehead atoms. The molecule has 1 aromatic rings. The molecule has 1 atom stereocenters. The first-order valence-corrected chi connectivity index (χ1v) is 9.40. The van der Waals surface area contributed by atoms with E-state index in [-0.39, 0.29) is 5.41 Å². The summed E-state index contributed by atoms with van der Waals surface area (Å²) in [7, 11) is 2.13. The quantitative estimate of drug-likeness (QED) is 0.746. The molecule has 1 fully saturated rings. The molecule has 1 N–H and O–H groups in total. The van der Waals surface area contributed by atoms with E-state index in [2.05, 4.69) is 57.4 Å². The minimum Gasteiger partial charge on any atom is -0.316 e. The van der Waals surface area contributed by atoms with Gasteiger partial charge in [-0.15, -0.1) is 11.8 Å². The average molecular weight is 306 g/mol. The summed E-state index contributed by atoms with van der Waals surface area (Å²) in [6, 6.07) is 9.82. The zero-order valence-corrected chi connectivity index (χ0v) is 14.9. The number of nitrogens with one attached hydrogen (secondary N) is 1. The fourth-order valence-electron chi connectivity index (χ4n) is 3.23. The summed E-state index contributed by atoms with van der Waals surface area (Å²) in [6.07, 6.45) is 7.11. The van der Waals surface area contributed by atoms with Crippen molar-refractivity contribution in [1.29, 1.82) is 0 Å². The standard InChI is InChI=1S/C19H31NS/c1-19(2,3)16-10-12-17(13-11-16)21-14-18(20-4)15-8-6-5-7-9-15/h10-13,15,18,20H,5-9,14H2,1-4H3. The van der Waals surface area contributed by atoms with E-state index >= 15 is 0 Å². The first kappa shape index (κ1) is 16.9. The van der Waals surface area contributed by atoms with E-state index in [0.29, 0.717) is 6.04 Å². The maximum absolute atomic E-state index is 3.56. The molecular weight excluding hydrogens is 274 g/mol. The van der Waals surface area contributed by atoms with E-state index in [1.165, 1.54) is 48.3 Å². The Labute approximate surface area is 135 Å². The number of hydrogen-bond donors (Lipinski definition) is 1. The van der Waals surface area contributed by atoms with Crippen molar-refractivity contribution in [3.05, 3.63) is 29.8 Å². The zero-order valence-electron chi connectivity index (χ0n) is 14.1. The molecule has 1 nitrogen and oxygen atoms in total. The van der Waals surface area contributed by atoms with Crippen LogP contribution in [0.2, 0.25) is 0 Å². The number of thioether (sulfide) groups is 1.